The summed E-state index contributed by atoms with van der Waals surface area (Å²) in [4.78, 5) is 54.1. The third-order valence-electron chi connectivity index (χ3n) is 8.74. The van der Waals surface area contributed by atoms with E-state index in [1.165, 1.54) is 18.1 Å². The van der Waals surface area contributed by atoms with Gasteiger partial charge in [-0.05, 0) is 61.2 Å². The van der Waals surface area contributed by atoms with Crippen LogP contribution in [0.3, 0.4) is 0 Å². The van der Waals surface area contributed by atoms with Crippen molar-refractivity contribution >= 4 is 29.5 Å². The Bertz CT molecular complexity index is 1970. The van der Waals surface area contributed by atoms with Crippen molar-refractivity contribution in [1.29, 1.82) is 0 Å². The number of carbonyl (C=O) groups excluding carboxylic acids is 4. The zero-order valence-corrected chi connectivity index (χ0v) is 26.6. The largest absolute Gasteiger partial charge is 0.466 e. The van der Waals surface area contributed by atoms with Crippen LogP contribution >= 0.6 is 0 Å². The zero-order chi connectivity index (χ0) is 34.9. The topological polar surface area (TPSA) is 123 Å². The summed E-state index contributed by atoms with van der Waals surface area (Å²) in [6.45, 7) is 2.11. The molecule has 3 aromatic carbocycles. The lowest BCUT2D eigenvalue weighted by atomic mass is 9.81. The maximum absolute atomic E-state index is 14.3. The van der Waals surface area contributed by atoms with Crippen LogP contribution in [0, 0.1) is 0 Å². The molecule has 2 heterocycles. The minimum absolute atomic E-state index is 0.101. The Morgan fingerprint density at radius 3 is 2.35 bits per heavy atom. The van der Waals surface area contributed by atoms with Crippen molar-refractivity contribution < 1.29 is 37.1 Å². The van der Waals surface area contributed by atoms with Gasteiger partial charge in [0.2, 0.25) is 5.91 Å². The molecule has 0 saturated heterocycles. The van der Waals surface area contributed by atoms with E-state index in [0.29, 0.717) is 52.2 Å². The van der Waals surface area contributed by atoms with Crippen molar-refractivity contribution in [3.63, 3.8) is 0 Å². The highest BCUT2D eigenvalue weighted by atomic mass is 19.4. The number of anilines is 1. The first-order chi connectivity index (χ1) is 23.5. The second-order valence-corrected chi connectivity index (χ2v) is 11.6. The standard InChI is InChI=1S/C36H32F3N5O5/c1-3-43-33-28(20-41-44(33)25-13-5-4-6-14-25)29(30(34(43)47)42-31(45)23-11-8-12-24(18-23)36(37,38)39)22-10-7-9-21(17-22)19-40-32(46)26-15-16-27(26)35(48)49-2/h4-14,17-18,20,29-30H,3,15-16,19H2,1-2H3,(H,40,46)(H,42,45)/t29-,30+/m0/s1. The average molecular weight is 672 g/mol. The predicted octanol–water partition coefficient (Wildman–Crippen LogP) is 5.07. The van der Waals surface area contributed by atoms with Gasteiger partial charge >= 0.3 is 12.1 Å². The number of aromatic nitrogens is 2. The number of benzene rings is 3. The summed E-state index contributed by atoms with van der Waals surface area (Å²) >= 11 is 0. The highest BCUT2D eigenvalue weighted by Gasteiger charge is 2.44. The average Bonchev–Trinajstić information content (AvgIpc) is 3.51. The van der Waals surface area contributed by atoms with Gasteiger partial charge in [-0.1, -0.05) is 48.5 Å². The molecule has 2 aliphatic rings. The molecule has 0 saturated carbocycles. The Balaban J connectivity index is 1.38. The Hall–Kier alpha value is -5.72. The number of carbonyl (C=O) groups is 4. The summed E-state index contributed by atoms with van der Waals surface area (Å²) in [5.74, 6) is -2.53. The molecule has 1 aliphatic carbocycles. The molecule has 6 rings (SSSR count). The number of para-hydroxylation sites is 1. The maximum atomic E-state index is 14.3. The molecule has 10 nitrogen and oxygen atoms in total. The number of ether oxygens (including phenoxy) is 1. The number of methoxy groups -OCH3 is 1. The summed E-state index contributed by atoms with van der Waals surface area (Å²) in [7, 11) is 1.26. The summed E-state index contributed by atoms with van der Waals surface area (Å²) in [6, 6.07) is 19.1. The third-order valence-corrected chi connectivity index (χ3v) is 8.74. The number of halogens is 3. The van der Waals surface area contributed by atoms with Crippen molar-refractivity contribution in [3.8, 4) is 5.69 Å². The van der Waals surface area contributed by atoms with Gasteiger partial charge in [-0.15, -0.1) is 0 Å². The fraction of sp³-hybridized carbons (Fsp3) is 0.250. The highest BCUT2D eigenvalue weighted by Crippen LogP contribution is 2.42. The second-order valence-electron chi connectivity index (χ2n) is 11.6. The highest BCUT2D eigenvalue weighted by molar-refractivity contribution is 6.06. The van der Waals surface area contributed by atoms with Gasteiger partial charge in [0, 0.05) is 41.3 Å². The monoisotopic (exact) mass is 671 g/mol. The van der Waals surface area contributed by atoms with Crippen LogP contribution in [0.5, 0.6) is 0 Å². The first kappa shape index (κ1) is 33.2. The van der Waals surface area contributed by atoms with Crippen LogP contribution in [-0.2, 0) is 31.8 Å². The Morgan fingerprint density at radius 1 is 0.939 bits per heavy atom. The van der Waals surface area contributed by atoms with Gasteiger partial charge in [0.1, 0.15) is 11.9 Å². The number of rotatable bonds is 9. The number of nitrogens with one attached hydrogen (secondary N) is 2. The molecule has 3 amide bonds. The molecule has 0 radical (unpaired) electrons. The van der Waals surface area contributed by atoms with Crippen LogP contribution in [0.25, 0.3) is 5.69 Å². The van der Waals surface area contributed by atoms with Gasteiger partial charge in [-0.25, -0.2) is 9.48 Å². The van der Waals surface area contributed by atoms with Crippen molar-refractivity contribution in [3.05, 3.63) is 124 Å². The maximum Gasteiger partial charge on any atom is 0.416 e. The van der Waals surface area contributed by atoms with E-state index < -0.39 is 41.5 Å². The van der Waals surface area contributed by atoms with Crippen molar-refractivity contribution in [2.45, 2.75) is 44.4 Å². The van der Waals surface area contributed by atoms with Gasteiger partial charge in [-0.2, -0.15) is 18.3 Å². The van der Waals surface area contributed by atoms with E-state index in [0.717, 1.165) is 18.2 Å². The number of fused-ring (bicyclic) bond motifs is 1. The Labute approximate surface area is 279 Å². The number of likely N-dealkylation sites (N-methyl/N-ethyl adjacent to an activating group) is 1. The van der Waals surface area contributed by atoms with Gasteiger partial charge < -0.3 is 15.4 Å². The minimum Gasteiger partial charge on any atom is -0.466 e. The number of alkyl halides is 3. The molecule has 0 unspecified atom stereocenters. The molecule has 4 aromatic rings. The summed E-state index contributed by atoms with van der Waals surface area (Å²) in [5.41, 5.74) is 2.08. The smallest absolute Gasteiger partial charge is 0.416 e. The second kappa shape index (κ2) is 13.4. The molecule has 2 atom stereocenters. The van der Waals surface area contributed by atoms with Crippen LogP contribution in [0.2, 0.25) is 0 Å². The molecule has 13 heteroatoms. The van der Waals surface area contributed by atoms with E-state index in [4.69, 9.17) is 4.74 Å². The molecule has 1 aliphatic heterocycles. The van der Waals surface area contributed by atoms with Crippen LogP contribution in [0.15, 0.2) is 96.2 Å². The Kier molecular flexibility index (Phi) is 9.09. The number of hydrogen-bond acceptors (Lipinski definition) is 6. The lowest BCUT2D eigenvalue weighted by Crippen LogP contribution is -2.55. The molecule has 49 heavy (non-hydrogen) atoms. The lowest BCUT2D eigenvalue weighted by Gasteiger charge is -2.38. The summed E-state index contributed by atoms with van der Waals surface area (Å²) < 4.78 is 46.8. The van der Waals surface area contributed by atoms with Gasteiger partial charge in [0.25, 0.3) is 11.8 Å². The van der Waals surface area contributed by atoms with E-state index in [9.17, 15) is 32.3 Å². The third kappa shape index (κ3) is 6.43. The predicted molar refractivity (Wildman–Crippen MR) is 173 cm³/mol. The van der Waals surface area contributed by atoms with Gasteiger partial charge in [0.15, 0.2) is 0 Å². The van der Waals surface area contributed by atoms with E-state index >= 15 is 0 Å². The molecule has 0 fully saturated rings. The molecule has 252 valence electrons. The first-order valence-electron chi connectivity index (χ1n) is 15.6. The van der Waals surface area contributed by atoms with Crippen LogP contribution in [0.4, 0.5) is 19.0 Å². The Morgan fingerprint density at radius 2 is 1.67 bits per heavy atom. The van der Waals surface area contributed by atoms with Gasteiger partial charge in [-0.3, -0.25) is 19.3 Å². The summed E-state index contributed by atoms with van der Waals surface area (Å²) in [5, 5.41) is 10.2. The van der Waals surface area contributed by atoms with E-state index in [2.05, 4.69) is 15.7 Å². The van der Waals surface area contributed by atoms with E-state index in [1.807, 2.05) is 30.3 Å². The quantitative estimate of drug-likeness (QED) is 0.240. The molecule has 2 N–H and O–H groups in total. The van der Waals surface area contributed by atoms with Crippen LogP contribution in [0.1, 0.15) is 58.3 Å². The van der Waals surface area contributed by atoms with Crippen LogP contribution in [-0.4, -0.2) is 53.2 Å². The molecule has 1 aromatic heterocycles. The van der Waals surface area contributed by atoms with E-state index in [1.54, 1.807) is 42.1 Å². The molecular weight excluding hydrogens is 639 g/mol. The fourth-order valence-corrected chi connectivity index (χ4v) is 6.24. The fourth-order valence-electron chi connectivity index (χ4n) is 6.24. The van der Waals surface area contributed by atoms with Gasteiger partial charge in [0.05, 0.1) is 24.6 Å². The van der Waals surface area contributed by atoms with Crippen molar-refractivity contribution in [2.75, 3.05) is 18.6 Å². The number of esters is 1. The molecule has 0 spiro atoms. The SMILES string of the molecule is CCN1C(=O)[C@H](NC(=O)c2cccc(C(F)(F)F)c2)[C@@H](c2cccc(CNC(=O)C3=C(C(=O)OC)CC3)c2)c2cnn(-c3ccccc3)c21. The summed E-state index contributed by atoms with van der Waals surface area (Å²) in [6.07, 6.45) is -2.12. The van der Waals surface area contributed by atoms with E-state index in [-0.39, 0.29) is 24.6 Å². The molecule has 0 bridgehead atoms. The zero-order valence-electron chi connectivity index (χ0n) is 26.6. The number of amides is 3. The normalized spacial score (nSPS) is 17.2. The van der Waals surface area contributed by atoms with Crippen molar-refractivity contribution in [1.82, 2.24) is 20.4 Å². The first-order valence-corrected chi connectivity index (χ1v) is 15.6. The molecular formula is C36H32F3N5O5. The van der Waals surface area contributed by atoms with Crippen LogP contribution < -0.4 is 15.5 Å². The van der Waals surface area contributed by atoms with Crippen molar-refractivity contribution in [2.24, 2.45) is 0 Å². The number of hydrogen-bond donors (Lipinski definition) is 2. The minimum atomic E-state index is -4.66. The lowest BCUT2D eigenvalue weighted by molar-refractivity contribution is -0.138. The number of nitrogens with zero attached hydrogens (tertiary/aromatic N) is 3.